The number of methoxy groups -OCH3 is 1. The lowest BCUT2D eigenvalue weighted by Crippen LogP contribution is -2.50. The Bertz CT molecular complexity index is 811. The average Bonchev–Trinajstić information content (AvgIpc) is 2.65. The van der Waals surface area contributed by atoms with Crippen LogP contribution in [0.3, 0.4) is 0 Å². The van der Waals surface area contributed by atoms with Crippen LogP contribution in [-0.2, 0) is 4.79 Å². The maximum atomic E-state index is 12.2. The molecule has 8 heteroatoms. The smallest absolute Gasteiger partial charge is 0.283 e. The predicted octanol–water partition coefficient (Wildman–Crippen LogP) is 2.06. The molecule has 25 heavy (non-hydrogen) atoms. The van der Waals surface area contributed by atoms with E-state index in [1.54, 1.807) is 36.4 Å². The molecule has 0 bridgehead atoms. The third kappa shape index (κ3) is 3.85. The first-order chi connectivity index (χ1) is 12.1. The number of carbonyl (C=O) groups excluding carboxylic acids is 2. The number of benzene rings is 2. The normalized spacial score (nSPS) is 15.2. The van der Waals surface area contributed by atoms with Crippen LogP contribution in [0.2, 0.25) is 0 Å². The summed E-state index contributed by atoms with van der Waals surface area (Å²) in [6.07, 6.45) is -0.849. The van der Waals surface area contributed by atoms with E-state index < -0.39 is 17.9 Å². The van der Waals surface area contributed by atoms with Crippen molar-refractivity contribution in [2.24, 2.45) is 0 Å². The lowest BCUT2D eigenvalue weighted by molar-refractivity contribution is -0.131. The second-order valence-electron chi connectivity index (χ2n) is 5.16. The van der Waals surface area contributed by atoms with E-state index in [-0.39, 0.29) is 6.61 Å². The molecule has 0 aromatic heterocycles. The summed E-state index contributed by atoms with van der Waals surface area (Å²) in [5, 5.41) is 0. The fourth-order valence-corrected chi connectivity index (χ4v) is 2.77. The van der Waals surface area contributed by atoms with Gasteiger partial charge in [0.1, 0.15) is 12.4 Å². The van der Waals surface area contributed by atoms with Gasteiger partial charge in [-0.3, -0.25) is 20.4 Å². The van der Waals surface area contributed by atoms with Crippen molar-refractivity contribution in [2.45, 2.75) is 6.10 Å². The molecular formula is C17H15BrN2O5. The van der Waals surface area contributed by atoms with E-state index in [0.29, 0.717) is 27.3 Å². The molecule has 2 N–H and O–H groups in total. The first kappa shape index (κ1) is 17.1. The van der Waals surface area contributed by atoms with Gasteiger partial charge in [-0.15, -0.1) is 0 Å². The minimum absolute atomic E-state index is 0.0623. The molecule has 2 aromatic carbocycles. The first-order valence-corrected chi connectivity index (χ1v) is 8.20. The number of nitrogens with one attached hydrogen (secondary N) is 2. The SMILES string of the molecule is COc1ccc(C(=O)NNC(=O)[C@@H]2COc3ccccc3O2)cc1Br. The zero-order valence-electron chi connectivity index (χ0n) is 13.2. The van der Waals surface area contributed by atoms with Crippen molar-refractivity contribution in [3.8, 4) is 17.2 Å². The molecule has 1 aliphatic rings. The van der Waals surface area contributed by atoms with Gasteiger partial charge in [-0.1, -0.05) is 12.1 Å². The topological polar surface area (TPSA) is 85.9 Å². The molecule has 1 atom stereocenters. The van der Waals surface area contributed by atoms with E-state index in [1.165, 1.54) is 7.11 Å². The van der Waals surface area contributed by atoms with Crippen molar-refractivity contribution >= 4 is 27.7 Å². The van der Waals surface area contributed by atoms with Gasteiger partial charge in [-0.25, -0.2) is 0 Å². The Hall–Kier alpha value is -2.74. The van der Waals surface area contributed by atoms with E-state index in [1.807, 2.05) is 6.07 Å². The molecule has 130 valence electrons. The van der Waals surface area contributed by atoms with Crippen molar-refractivity contribution in [1.82, 2.24) is 10.9 Å². The zero-order chi connectivity index (χ0) is 17.8. The maximum Gasteiger partial charge on any atom is 0.283 e. The van der Waals surface area contributed by atoms with Crippen LogP contribution in [0.5, 0.6) is 17.2 Å². The van der Waals surface area contributed by atoms with E-state index in [4.69, 9.17) is 14.2 Å². The van der Waals surface area contributed by atoms with Crippen LogP contribution in [0.25, 0.3) is 0 Å². The van der Waals surface area contributed by atoms with Gasteiger partial charge in [-0.05, 0) is 46.3 Å². The van der Waals surface area contributed by atoms with Crippen molar-refractivity contribution in [1.29, 1.82) is 0 Å². The highest BCUT2D eigenvalue weighted by Gasteiger charge is 2.27. The van der Waals surface area contributed by atoms with Crippen LogP contribution in [0, 0.1) is 0 Å². The van der Waals surface area contributed by atoms with E-state index in [2.05, 4.69) is 26.8 Å². The lowest BCUT2D eigenvalue weighted by Gasteiger charge is -2.25. The molecule has 2 aromatic rings. The molecule has 7 nitrogen and oxygen atoms in total. The minimum atomic E-state index is -0.849. The summed E-state index contributed by atoms with van der Waals surface area (Å²) in [5.74, 6) is 0.703. The summed E-state index contributed by atoms with van der Waals surface area (Å²) in [6.45, 7) is 0.0623. The largest absolute Gasteiger partial charge is 0.496 e. The highest BCUT2D eigenvalue weighted by Crippen LogP contribution is 2.30. The van der Waals surface area contributed by atoms with Crippen LogP contribution in [0.4, 0.5) is 0 Å². The number of fused-ring (bicyclic) bond motifs is 1. The number of rotatable bonds is 3. The molecule has 2 amide bonds. The molecule has 0 fully saturated rings. The van der Waals surface area contributed by atoms with Gasteiger partial charge in [-0.2, -0.15) is 0 Å². The Balaban J connectivity index is 1.57. The van der Waals surface area contributed by atoms with Crippen molar-refractivity contribution < 1.29 is 23.8 Å². The number of hydrogen-bond acceptors (Lipinski definition) is 5. The molecule has 3 rings (SSSR count). The quantitative estimate of drug-likeness (QED) is 0.761. The van der Waals surface area contributed by atoms with Crippen LogP contribution in [-0.4, -0.2) is 31.6 Å². The van der Waals surface area contributed by atoms with Gasteiger partial charge in [0.15, 0.2) is 11.5 Å². The van der Waals surface area contributed by atoms with Gasteiger partial charge < -0.3 is 14.2 Å². The fourth-order valence-electron chi connectivity index (χ4n) is 2.23. The van der Waals surface area contributed by atoms with Gasteiger partial charge in [0.05, 0.1) is 11.6 Å². The van der Waals surface area contributed by atoms with Crippen molar-refractivity contribution in [3.05, 3.63) is 52.5 Å². The second-order valence-corrected chi connectivity index (χ2v) is 6.01. The Morgan fingerprint density at radius 3 is 2.64 bits per heavy atom. The molecule has 0 saturated carbocycles. The highest BCUT2D eigenvalue weighted by atomic mass is 79.9. The Labute approximate surface area is 152 Å². The summed E-state index contributed by atoms with van der Waals surface area (Å²) in [7, 11) is 1.53. The summed E-state index contributed by atoms with van der Waals surface area (Å²) in [6, 6.07) is 11.9. The van der Waals surface area contributed by atoms with Gasteiger partial charge >= 0.3 is 0 Å². The maximum absolute atomic E-state index is 12.2. The minimum Gasteiger partial charge on any atom is -0.496 e. The molecular weight excluding hydrogens is 392 g/mol. The van der Waals surface area contributed by atoms with E-state index >= 15 is 0 Å². The van der Waals surface area contributed by atoms with E-state index in [9.17, 15) is 9.59 Å². The third-order valence-corrected chi connectivity index (χ3v) is 4.13. The Morgan fingerprint density at radius 2 is 1.92 bits per heavy atom. The summed E-state index contributed by atoms with van der Waals surface area (Å²) < 4.78 is 16.8. The van der Waals surface area contributed by atoms with Gasteiger partial charge in [0, 0.05) is 5.56 Å². The number of hydrazine groups is 1. The fraction of sp³-hybridized carbons (Fsp3) is 0.176. The molecule has 0 aliphatic carbocycles. The van der Waals surface area contributed by atoms with Gasteiger partial charge in [0.25, 0.3) is 11.8 Å². The second kappa shape index (κ2) is 7.43. The number of carbonyl (C=O) groups is 2. The van der Waals surface area contributed by atoms with Gasteiger partial charge in [0.2, 0.25) is 6.10 Å². The average molecular weight is 407 g/mol. The summed E-state index contributed by atoms with van der Waals surface area (Å²) in [5.41, 5.74) is 5.05. The van der Waals surface area contributed by atoms with Crippen LogP contribution in [0.15, 0.2) is 46.9 Å². The Kier molecular flexibility index (Phi) is 5.08. The number of amides is 2. The van der Waals surface area contributed by atoms with Crippen LogP contribution >= 0.6 is 15.9 Å². The van der Waals surface area contributed by atoms with E-state index in [0.717, 1.165) is 0 Å². The highest BCUT2D eigenvalue weighted by molar-refractivity contribution is 9.10. The predicted molar refractivity (Wildman–Crippen MR) is 92.7 cm³/mol. The third-order valence-electron chi connectivity index (χ3n) is 3.51. The number of ether oxygens (including phenoxy) is 3. The van der Waals surface area contributed by atoms with Crippen molar-refractivity contribution in [3.63, 3.8) is 0 Å². The molecule has 0 spiro atoms. The number of halogens is 1. The van der Waals surface area contributed by atoms with Crippen LogP contribution in [0.1, 0.15) is 10.4 Å². The number of hydrogen-bond donors (Lipinski definition) is 2. The lowest BCUT2D eigenvalue weighted by atomic mass is 10.2. The van der Waals surface area contributed by atoms with Crippen LogP contribution < -0.4 is 25.1 Å². The number of para-hydroxylation sites is 2. The zero-order valence-corrected chi connectivity index (χ0v) is 14.8. The molecule has 0 unspecified atom stereocenters. The molecule has 1 heterocycles. The standard InChI is InChI=1S/C17H15BrN2O5/c1-23-12-7-6-10(8-11(12)18)16(21)19-20-17(22)15-9-24-13-4-2-3-5-14(13)25-15/h2-8,15H,9H2,1H3,(H,19,21)(H,20,22)/t15-/m0/s1. The molecule has 1 aliphatic heterocycles. The Morgan fingerprint density at radius 1 is 1.16 bits per heavy atom. The molecule has 0 radical (unpaired) electrons. The first-order valence-electron chi connectivity index (χ1n) is 7.40. The monoisotopic (exact) mass is 406 g/mol. The summed E-state index contributed by atoms with van der Waals surface area (Å²) in [4.78, 5) is 24.3. The summed E-state index contributed by atoms with van der Waals surface area (Å²) >= 11 is 3.30. The molecule has 0 saturated heterocycles. The van der Waals surface area contributed by atoms with Crippen molar-refractivity contribution in [2.75, 3.05) is 13.7 Å².